The van der Waals surface area contributed by atoms with Gasteiger partial charge in [-0.05, 0) is 18.2 Å². The lowest BCUT2D eigenvalue weighted by Crippen LogP contribution is -2.44. The summed E-state index contributed by atoms with van der Waals surface area (Å²) >= 11 is 0. The molecule has 0 radical (unpaired) electrons. The first-order chi connectivity index (χ1) is 11.2. The Morgan fingerprint density at radius 1 is 1.00 bits per heavy atom. The van der Waals surface area contributed by atoms with Gasteiger partial charge in [-0.1, -0.05) is 12.1 Å². The minimum atomic E-state index is -0.604. The molecule has 0 unspecified atom stereocenters. The zero-order valence-corrected chi connectivity index (χ0v) is 12.6. The van der Waals surface area contributed by atoms with E-state index in [9.17, 15) is 14.7 Å². The van der Waals surface area contributed by atoms with E-state index in [4.69, 9.17) is 0 Å². The topological polar surface area (TPSA) is 72.9 Å². The zero-order chi connectivity index (χ0) is 16.0. The number of aliphatic hydroxyl groups is 1. The van der Waals surface area contributed by atoms with E-state index in [0.29, 0.717) is 16.5 Å². The van der Waals surface area contributed by atoms with Gasteiger partial charge in [0.2, 0.25) is 0 Å². The minimum absolute atomic E-state index is 0.437. The molecule has 2 amide bonds. The molecule has 23 heavy (non-hydrogen) atoms. The predicted octanol–water partition coefficient (Wildman–Crippen LogP) is 0.795. The number of aliphatic hydroxyl groups excluding tert-OH is 1. The van der Waals surface area contributed by atoms with Gasteiger partial charge in [-0.25, -0.2) is 0 Å². The number of rotatable bonds is 2. The van der Waals surface area contributed by atoms with Crippen molar-refractivity contribution in [1.29, 1.82) is 0 Å². The van der Waals surface area contributed by atoms with Crippen LogP contribution in [0.2, 0.25) is 0 Å². The van der Waals surface area contributed by atoms with Gasteiger partial charge in [-0.3, -0.25) is 14.5 Å². The molecule has 2 aromatic rings. The van der Waals surface area contributed by atoms with E-state index in [1.807, 2.05) is 18.2 Å². The number of carbonyl (C=O) groups excluding carboxylic acids is 2. The Kier molecular flexibility index (Phi) is 3.28. The summed E-state index contributed by atoms with van der Waals surface area (Å²) in [5, 5.41) is 14.3. The lowest BCUT2D eigenvalue weighted by atomic mass is 9.93. The molecule has 2 heterocycles. The van der Waals surface area contributed by atoms with Crippen molar-refractivity contribution < 1.29 is 14.7 Å². The summed E-state index contributed by atoms with van der Waals surface area (Å²) < 4.78 is 0. The van der Waals surface area contributed by atoms with E-state index in [0.717, 1.165) is 42.2 Å². The number of nitrogens with one attached hydrogen (secondary N) is 1. The maximum Gasteiger partial charge on any atom is 0.263 e. The van der Waals surface area contributed by atoms with E-state index in [-0.39, 0.29) is 0 Å². The van der Waals surface area contributed by atoms with Crippen molar-refractivity contribution in [3.63, 3.8) is 0 Å². The van der Waals surface area contributed by atoms with E-state index < -0.39 is 18.5 Å². The molecule has 0 spiro atoms. The number of anilines is 1. The maximum absolute atomic E-state index is 12.5. The molecule has 2 aliphatic heterocycles. The summed E-state index contributed by atoms with van der Waals surface area (Å²) in [6.45, 7) is 3.01. The second-order valence-electron chi connectivity index (χ2n) is 5.78. The second-order valence-corrected chi connectivity index (χ2v) is 5.78. The van der Waals surface area contributed by atoms with Crippen molar-refractivity contribution in [1.82, 2.24) is 10.2 Å². The summed E-state index contributed by atoms with van der Waals surface area (Å²) in [6.07, 6.45) is 0. The summed E-state index contributed by atoms with van der Waals surface area (Å²) in [5.41, 5.74) is 2.00. The number of carbonyl (C=O) groups is 2. The largest absolute Gasteiger partial charge is 0.376 e. The molecule has 0 atom stereocenters. The summed E-state index contributed by atoms with van der Waals surface area (Å²) in [5.74, 6) is -0.874. The fraction of sp³-hybridized carbons (Fsp3) is 0.294. The number of hydrogen-bond acceptors (Lipinski definition) is 5. The van der Waals surface area contributed by atoms with Crippen molar-refractivity contribution in [2.24, 2.45) is 0 Å². The molecule has 1 fully saturated rings. The highest BCUT2D eigenvalue weighted by molar-refractivity contribution is 6.26. The van der Waals surface area contributed by atoms with Crippen LogP contribution in [0.3, 0.4) is 0 Å². The molecule has 0 aliphatic carbocycles. The Bertz CT molecular complexity index is 790. The van der Waals surface area contributed by atoms with E-state index in [2.05, 4.69) is 10.2 Å². The first kappa shape index (κ1) is 14.2. The first-order valence-corrected chi connectivity index (χ1v) is 7.71. The van der Waals surface area contributed by atoms with Gasteiger partial charge >= 0.3 is 0 Å². The average Bonchev–Trinajstić information content (AvgIpc) is 2.60. The van der Waals surface area contributed by atoms with Crippen LogP contribution in [-0.2, 0) is 0 Å². The standard InChI is InChI=1S/C17H17N3O3/c21-10-20-16(22)12-3-1-2-11-14(19-8-6-18-7-9-19)5-4-13(15(11)12)17(20)23/h1-5,18,21H,6-10H2. The predicted molar refractivity (Wildman–Crippen MR) is 86.6 cm³/mol. The van der Waals surface area contributed by atoms with E-state index in [1.54, 1.807) is 12.1 Å². The van der Waals surface area contributed by atoms with Gasteiger partial charge in [0, 0.05) is 53.8 Å². The van der Waals surface area contributed by atoms with Gasteiger partial charge in [-0.15, -0.1) is 0 Å². The summed E-state index contributed by atoms with van der Waals surface area (Å²) in [4.78, 5) is 28.1. The highest BCUT2D eigenvalue weighted by atomic mass is 16.3. The molecule has 4 rings (SSSR count). The molecular formula is C17H17N3O3. The van der Waals surface area contributed by atoms with Crippen LogP contribution >= 0.6 is 0 Å². The lowest BCUT2D eigenvalue weighted by Gasteiger charge is -2.32. The second kappa shape index (κ2) is 5.33. The van der Waals surface area contributed by atoms with Gasteiger partial charge in [0.25, 0.3) is 11.8 Å². The van der Waals surface area contributed by atoms with Crippen LogP contribution in [-0.4, -0.2) is 54.7 Å². The Morgan fingerprint density at radius 3 is 2.39 bits per heavy atom. The lowest BCUT2D eigenvalue weighted by molar-refractivity contribution is 0.0444. The molecule has 118 valence electrons. The Hall–Kier alpha value is -2.44. The molecule has 2 N–H and O–H groups in total. The monoisotopic (exact) mass is 311 g/mol. The summed E-state index contributed by atoms with van der Waals surface area (Å²) in [6, 6.07) is 9.20. The molecule has 0 saturated carbocycles. The minimum Gasteiger partial charge on any atom is -0.376 e. The molecular weight excluding hydrogens is 294 g/mol. The molecule has 2 aliphatic rings. The zero-order valence-electron chi connectivity index (χ0n) is 12.6. The average molecular weight is 311 g/mol. The number of hydrogen-bond donors (Lipinski definition) is 2. The third-order valence-corrected chi connectivity index (χ3v) is 4.57. The Morgan fingerprint density at radius 2 is 1.70 bits per heavy atom. The van der Waals surface area contributed by atoms with E-state index in [1.165, 1.54) is 0 Å². The van der Waals surface area contributed by atoms with Crippen LogP contribution in [0.1, 0.15) is 20.7 Å². The first-order valence-electron chi connectivity index (χ1n) is 7.71. The molecule has 0 bridgehead atoms. The third kappa shape index (κ3) is 2.03. The highest BCUT2D eigenvalue weighted by Crippen LogP contribution is 2.35. The number of benzene rings is 2. The molecule has 0 aromatic heterocycles. The van der Waals surface area contributed by atoms with Crippen LogP contribution in [0, 0.1) is 0 Å². The van der Waals surface area contributed by atoms with Crippen molar-refractivity contribution >= 4 is 28.3 Å². The molecule has 2 aromatic carbocycles. The van der Waals surface area contributed by atoms with Crippen molar-refractivity contribution in [3.8, 4) is 0 Å². The molecule has 6 nitrogen and oxygen atoms in total. The van der Waals surface area contributed by atoms with E-state index >= 15 is 0 Å². The van der Waals surface area contributed by atoms with Crippen molar-refractivity contribution in [2.45, 2.75) is 0 Å². The molecule has 1 saturated heterocycles. The van der Waals surface area contributed by atoms with Gasteiger partial charge in [0.05, 0.1) is 0 Å². The van der Waals surface area contributed by atoms with Gasteiger partial charge in [0.15, 0.2) is 0 Å². The Labute approximate surface area is 133 Å². The van der Waals surface area contributed by atoms with Crippen LogP contribution in [0.4, 0.5) is 5.69 Å². The third-order valence-electron chi connectivity index (χ3n) is 4.57. The van der Waals surface area contributed by atoms with Crippen LogP contribution in [0.15, 0.2) is 30.3 Å². The van der Waals surface area contributed by atoms with Crippen molar-refractivity contribution in [2.75, 3.05) is 37.8 Å². The number of piperazine rings is 1. The summed E-state index contributed by atoms with van der Waals surface area (Å²) in [7, 11) is 0. The van der Waals surface area contributed by atoms with Gasteiger partial charge in [0.1, 0.15) is 6.73 Å². The van der Waals surface area contributed by atoms with Crippen molar-refractivity contribution in [3.05, 3.63) is 41.5 Å². The SMILES string of the molecule is O=C1c2cccc3c(N4CCNCC4)ccc(c23)C(=O)N1CO. The van der Waals surface area contributed by atoms with Gasteiger partial charge in [-0.2, -0.15) is 0 Å². The smallest absolute Gasteiger partial charge is 0.263 e. The van der Waals surface area contributed by atoms with Crippen LogP contribution in [0.5, 0.6) is 0 Å². The number of imide groups is 1. The Balaban J connectivity index is 1.95. The highest BCUT2D eigenvalue weighted by Gasteiger charge is 2.33. The number of amides is 2. The fourth-order valence-electron chi connectivity index (χ4n) is 3.44. The quantitative estimate of drug-likeness (QED) is 0.803. The van der Waals surface area contributed by atoms with Crippen LogP contribution < -0.4 is 10.2 Å². The van der Waals surface area contributed by atoms with Gasteiger partial charge < -0.3 is 15.3 Å². The maximum atomic E-state index is 12.5. The normalized spacial score (nSPS) is 18.0. The molecule has 6 heteroatoms. The number of nitrogens with zero attached hydrogens (tertiary/aromatic N) is 2. The van der Waals surface area contributed by atoms with Crippen LogP contribution in [0.25, 0.3) is 10.8 Å². The fourth-order valence-corrected chi connectivity index (χ4v) is 3.44.